The molecule has 1 heteroatoms. The van der Waals surface area contributed by atoms with Crippen LogP contribution in [0.25, 0.3) is 0 Å². The van der Waals surface area contributed by atoms with Crippen molar-refractivity contribution in [3.63, 3.8) is 0 Å². The molecule has 0 aliphatic heterocycles. The van der Waals surface area contributed by atoms with Gasteiger partial charge in [-0.25, -0.2) is 0 Å². The molecule has 1 N–H and O–H groups in total. The van der Waals surface area contributed by atoms with Crippen molar-refractivity contribution in [2.75, 3.05) is 6.54 Å². The maximum atomic E-state index is 3.68. The normalized spacial score (nSPS) is 18.2. The van der Waals surface area contributed by atoms with E-state index in [9.17, 15) is 0 Å². The lowest BCUT2D eigenvalue weighted by Gasteiger charge is -2.22. The third kappa shape index (κ3) is 3.58. The second-order valence-corrected chi connectivity index (χ2v) is 5.92. The van der Waals surface area contributed by atoms with Crippen LogP contribution in [-0.2, 0) is 0 Å². The Bertz CT molecular complexity index is 357. The molecule has 1 aromatic carbocycles. The fraction of sp³-hybridized carbons (Fsp3) is 0.647. The molecule has 18 heavy (non-hydrogen) atoms. The number of aryl methyl sites for hydroxylation is 2. The first-order valence-electron chi connectivity index (χ1n) is 7.50. The smallest absolute Gasteiger partial charge is 0.0322 e. The van der Waals surface area contributed by atoms with Gasteiger partial charge in [-0.1, -0.05) is 61.9 Å². The van der Waals surface area contributed by atoms with E-state index in [1.807, 2.05) is 0 Å². The molecule has 2 rings (SSSR count). The molecule has 0 bridgehead atoms. The van der Waals surface area contributed by atoms with Crippen molar-refractivity contribution in [1.82, 2.24) is 5.32 Å². The molecule has 1 fully saturated rings. The highest BCUT2D eigenvalue weighted by molar-refractivity contribution is 5.30. The summed E-state index contributed by atoms with van der Waals surface area (Å²) >= 11 is 0. The van der Waals surface area contributed by atoms with E-state index in [1.54, 1.807) is 0 Å². The predicted molar refractivity (Wildman–Crippen MR) is 78.9 cm³/mol. The topological polar surface area (TPSA) is 12.0 Å². The largest absolute Gasteiger partial charge is 0.310 e. The first kappa shape index (κ1) is 13.6. The fourth-order valence-corrected chi connectivity index (χ4v) is 3.37. The predicted octanol–water partition coefficient (Wildman–Crippen LogP) is 4.53. The van der Waals surface area contributed by atoms with E-state index in [2.05, 4.69) is 44.3 Å². The molecule has 0 aromatic heterocycles. The third-order valence-corrected chi connectivity index (χ3v) is 4.14. The Morgan fingerprint density at radius 2 is 1.72 bits per heavy atom. The van der Waals surface area contributed by atoms with Gasteiger partial charge in [0.1, 0.15) is 0 Å². The molecule has 1 aliphatic rings. The zero-order valence-corrected chi connectivity index (χ0v) is 12.1. The van der Waals surface area contributed by atoms with Gasteiger partial charge in [-0.3, -0.25) is 0 Å². The molecule has 0 saturated heterocycles. The molecule has 0 amide bonds. The standard InChI is InChI=1S/C17H27N/c1-4-18-17(12-15-7-5-6-8-15)16-10-13(2)9-14(3)11-16/h9-11,15,17-18H,4-8,12H2,1-3H3. The van der Waals surface area contributed by atoms with Crippen LogP contribution in [0.15, 0.2) is 18.2 Å². The van der Waals surface area contributed by atoms with Crippen molar-refractivity contribution in [3.8, 4) is 0 Å². The second-order valence-electron chi connectivity index (χ2n) is 5.92. The van der Waals surface area contributed by atoms with Crippen molar-refractivity contribution in [1.29, 1.82) is 0 Å². The van der Waals surface area contributed by atoms with Gasteiger partial charge < -0.3 is 5.32 Å². The lowest BCUT2D eigenvalue weighted by Crippen LogP contribution is -2.23. The quantitative estimate of drug-likeness (QED) is 0.803. The third-order valence-electron chi connectivity index (χ3n) is 4.14. The highest BCUT2D eigenvalue weighted by Crippen LogP contribution is 2.33. The van der Waals surface area contributed by atoms with Gasteiger partial charge in [-0.2, -0.15) is 0 Å². The second kappa shape index (κ2) is 6.38. The van der Waals surface area contributed by atoms with Gasteiger partial charge in [0.15, 0.2) is 0 Å². The average Bonchev–Trinajstić information content (AvgIpc) is 2.80. The van der Waals surface area contributed by atoms with Gasteiger partial charge in [-0.15, -0.1) is 0 Å². The van der Waals surface area contributed by atoms with Crippen molar-refractivity contribution in [3.05, 3.63) is 34.9 Å². The van der Waals surface area contributed by atoms with E-state index >= 15 is 0 Å². The highest BCUT2D eigenvalue weighted by atomic mass is 14.9. The van der Waals surface area contributed by atoms with Gasteiger partial charge >= 0.3 is 0 Å². The Labute approximate surface area is 112 Å². The number of nitrogens with one attached hydrogen (secondary N) is 1. The molecule has 0 spiro atoms. The van der Waals surface area contributed by atoms with Crippen molar-refractivity contribution >= 4 is 0 Å². The molecule has 0 heterocycles. The first-order valence-corrected chi connectivity index (χ1v) is 7.50. The number of hydrogen-bond donors (Lipinski definition) is 1. The van der Waals surface area contributed by atoms with E-state index in [-0.39, 0.29) is 0 Å². The summed E-state index contributed by atoms with van der Waals surface area (Å²) in [6.45, 7) is 7.68. The minimum Gasteiger partial charge on any atom is -0.310 e. The summed E-state index contributed by atoms with van der Waals surface area (Å²) in [7, 11) is 0. The molecule has 0 radical (unpaired) electrons. The summed E-state index contributed by atoms with van der Waals surface area (Å²) in [5.41, 5.74) is 4.26. The Hall–Kier alpha value is -0.820. The van der Waals surface area contributed by atoms with Crippen molar-refractivity contribution < 1.29 is 0 Å². The monoisotopic (exact) mass is 245 g/mol. The molecule has 1 aromatic rings. The number of benzene rings is 1. The van der Waals surface area contributed by atoms with E-state index in [0.29, 0.717) is 6.04 Å². The molecule has 1 saturated carbocycles. The van der Waals surface area contributed by atoms with E-state index in [4.69, 9.17) is 0 Å². The average molecular weight is 245 g/mol. The lowest BCUT2D eigenvalue weighted by atomic mass is 9.92. The van der Waals surface area contributed by atoms with Crippen LogP contribution in [-0.4, -0.2) is 6.54 Å². The Morgan fingerprint density at radius 3 is 2.28 bits per heavy atom. The van der Waals surface area contributed by atoms with E-state index in [0.717, 1.165) is 12.5 Å². The van der Waals surface area contributed by atoms with Crippen LogP contribution in [0.2, 0.25) is 0 Å². The van der Waals surface area contributed by atoms with Crippen molar-refractivity contribution in [2.45, 2.75) is 58.9 Å². The summed E-state index contributed by atoms with van der Waals surface area (Å²) in [5.74, 6) is 0.940. The van der Waals surface area contributed by atoms with Crippen LogP contribution in [0, 0.1) is 19.8 Å². The Morgan fingerprint density at radius 1 is 1.11 bits per heavy atom. The maximum absolute atomic E-state index is 3.68. The fourth-order valence-electron chi connectivity index (χ4n) is 3.37. The van der Waals surface area contributed by atoms with Crippen LogP contribution < -0.4 is 5.32 Å². The number of rotatable bonds is 5. The highest BCUT2D eigenvalue weighted by Gasteiger charge is 2.20. The molecular formula is C17H27N. The minimum atomic E-state index is 0.552. The molecule has 100 valence electrons. The minimum absolute atomic E-state index is 0.552. The molecule has 1 atom stereocenters. The Kier molecular flexibility index (Phi) is 4.82. The summed E-state index contributed by atoms with van der Waals surface area (Å²) in [5, 5.41) is 3.68. The SMILES string of the molecule is CCNC(CC1CCCC1)c1cc(C)cc(C)c1. The molecule has 1 nitrogen and oxygen atoms in total. The van der Waals surface area contributed by atoms with Crippen LogP contribution in [0.5, 0.6) is 0 Å². The zero-order valence-electron chi connectivity index (χ0n) is 12.1. The van der Waals surface area contributed by atoms with Gasteiger partial charge in [0, 0.05) is 6.04 Å². The van der Waals surface area contributed by atoms with Gasteiger partial charge in [0.05, 0.1) is 0 Å². The van der Waals surface area contributed by atoms with Gasteiger partial charge in [-0.05, 0) is 38.3 Å². The van der Waals surface area contributed by atoms with Crippen LogP contribution in [0.4, 0.5) is 0 Å². The summed E-state index contributed by atoms with van der Waals surface area (Å²) < 4.78 is 0. The van der Waals surface area contributed by atoms with Crippen molar-refractivity contribution in [2.24, 2.45) is 5.92 Å². The summed E-state index contributed by atoms with van der Waals surface area (Å²) in [4.78, 5) is 0. The van der Waals surface area contributed by atoms with Gasteiger partial charge in [0.25, 0.3) is 0 Å². The summed E-state index contributed by atoms with van der Waals surface area (Å²) in [6, 6.07) is 7.53. The maximum Gasteiger partial charge on any atom is 0.0322 e. The number of hydrogen-bond acceptors (Lipinski definition) is 1. The molecular weight excluding hydrogens is 218 g/mol. The van der Waals surface area contributed by atoms with Crippen LogP contribution >= 0.6 is 0 Å². The molecule has 1 unspecified atom stereocenters. The van der Waals surface area contributed by atoms with E-state index in [1.165, 1.54) is 48.8 Å². The van der Waals surface area contributed by atoms with Gasteiger partial charge in [0.2, 0.25) is 0 Å². The Balaban J connectivity index is 2.11. The van der Waals surface area contributed by atoms with Crippen LogP contribution in [0.1, 0.15) is 61.8 Å². The van der Waals surface area contributed by atoms with E-state index < -0.39 is 0 Å². The lowest BCUT2D eigenvalue weighted by molar-refractivity contribution is 0.400. The molecule has 1 aliphatic carbocycles. The van der Waals surface area contributed by atoms with Crippen LogP contribution in [0.3, 0.4) is 0 Å². The summed E-state index contributed by atoms with van der Waals surface area (Å²) in [6.07, 6.45) is 7.07. The zero-order chi connectivity index (χ0) is 13.0. The first-order chi connectivity index (χ1) is 8.69.